The normalized spacial score (nSPS) is 11.7. The summed E-state index contributed by atoms with van der Waals surface area (Å²) in [5, 5.41) is 3.02. The molecule has 1 atom stereocenters. The Kier molecular flexibility index (Phi) is 5.76. The number of ether oxygens (including phenoxy) is 2. The van der Waals surface area contributed by atoms with Gasteiger partial charge in [0.1, 0.15) is 23.4 Å². The highest BCUT2D eigenvalue weighted by molar-refractivity contribution is 5.78. The molecular formula is C21H23N3O3. The predicted molar refractivity (Wildman–Crippen MR) is 103 cm³/mol. The standard InChI is InChI=1S/C21H23N3O3/c1-15-6-4-5-7-18(15)27-14-19(25)23-20(21-22-12-13-24(21)2)16-8-10-17(26-3)11-9-16/h4-13,20H,14H2,1-3H3,(H,23,25)/t20-/m0/s1. The van der Waals surface area contributed by atoms with E-state index in [1.165, 1.54) is 0 Å². The molecule has 0 aliphatic rings. The largest absolute Gasteiger partial charge is 0.497 e. The van der Waals surface area contributed by atoms with Gasteiger partial charge in [0.2, 0.25) is 0 Å². The molecule has 2 aromatic carbocycles. The molecule has 1 aromatic heterocycles. The Morgan fingerprint density at radius 2 is 1.93 bits per heavy atom. The Balaban J connectivity index is 1.76. The molecule has 1 N–H and O–H groups in total. The van der Waals surface area contributed by atoms with Crippen molar-refractivity contribution in [3.8, 4) is 11.5 Å². The van der Waals surface area contributed by atoms with Gasteiger partial charge in [0.15, 0.2) is 6.61 Å². The van der Waals surface area contributed by atoms with Gasteiger partial charge in [-0.3, -0.25) is 4.79 Å². The van der Waals surface area contributed by atoms with Crippen LogP contribution in [0.5, 0.6) is 11.5 Å². The number of nitrogens with one attached hydrogen (secondary N) is 1. The first-order chi connectivity index (χ1) is 13.1. The van der Waals surface area contributed by atoms with Gasteiger partial charge in [0, 0.05) is 19.4 Å². The van der Waals surface area contributed by atoms with E-state index < -0.39 is 0 Å². The predicted octanol–water partition coefficient (Wildman–Crippen LogP) is 3.02. The molecular weight excluding hydrogens is 342 g/mol. The molecule has 0 saturated carbocycles. The average Bonchev–Trinajstić information content (AvgIpc) is 3.11. The van der Waals surface area contributed by atoms with E-state index >= 15 is 0 Å². The summed E-state index contributed by atoms with van der Waals surface area (Å²) in [6.07, 6.45) is 3.56. The number of aromatic nitrogens is 2. The first kappa shape index (κ1) is 18.5. The summed E-state index contributed by atoms with van der Waals surface area (Å²) >= 11 is 0. The third-order valence-electron chi connectivity index (χ3n) is 4.32. The summed E-state index contributed by atoms with van der Waals surface area (Å²) in [7, 11) is 3.52. The highest BCUT2D eigenvalue weighted by Gasteiger charge is 2.21. The molecule has 0 bridgehead atoms. The van der Waals surface area contributed by atoms with Gasteiger partial charge in [-0.15, -0.1) is 0 Å². The van der Waals surface area contributed by atoms with Crippen LogP contribution in [-0.2, 0) is 11.8 Å². The van der Waals surface area contributed by atoms with Crippen molar-refractivity contribution < 1.29 is 14.3 Å². The number of benzene rings is 2. The molecule has 0 radical (unpaired) electrons. The number of carbonyl (C=O) groups excluding carboxylic acids is 1. The summed E-state index contributed by atoms with van der Waals surface area (Å²) in [6, 6.07) is 14.8. The van der Waals surface area contributed by atoms with Crippen molar-refractivity contribution in [2.75, 3.05) is 13.7 Å². The van der Waals surface area contributed by atoms with E-state index in [-0.39, 0.29) is 18.6 Å². The number of para-hydroxylation sites is 1. The summed E-state index contributed by atoms with van der Waals surface area (Å²) in [5.41, 5.74) is 1.90. The highest BCUT2D eigenvalue weighted by atomic mass is 16.5. The van der Waals surface area contributed by atoms with E-state index in [4.69, 9.17) is 9.47 Å². The molecule has 0 fully saturated rings. The lowest BCUT2D eigenvalue weighted by molar-refractivity contribution is -0.123. The lowest BCUT2D eigenvalue weighted by atomic mass is 10.1. The first-order valence-electron chi connectivity index (χ1n) is 8.67. The molecule has 0 saturated heterocycles. The fraction of sp³-hybridized carbons (Fsp3) is 0.238. The number of nitrogens with zero attached hydrogens (tertiary/aromatic N) is 2. The van der Waals surface area contributed by atoms with E-state index in [2.05, 4.69) is 10.3 Å². The van der Waals surface area contributed by atoms with Crippen molar-refractivity contribution in [3.05, 3.63) is 77.9 Å². The average molecular weight is 365 g/mol. The Bertz CT molecular complexity index is 903. The molecule has 3 rings (SSSR count). The summed E-state index contributed by atoms with van der Waals surface area (Å²) in [4.78, 5) is 16.9. The lowest BCUT2D eigenvalue weighted by Gasteiger charge is -2.20. The smallest absolute Gasteiger partial charge is 0.258 e. The number of amides is 1. The van der Waals surface area contributed by atoms with Gasteiger partial charge < -0.3 is 19.4 Å². The number of methoxy groups -OCH3 is 1. The summed E-state index contributed by atoms with van der Waals surface area (Å²) < 4.78 is 12.8. The minimum Gasteiger partial charge on any atom is -0.497 e. The zero-order valence-electron chi connectivity index (χ0n) is 15.7. The number of rotatable bonds is 7. The monoisotopic (exact) mass is 365 g/mol. The van der Waals surface area contributed by atoms with Crippen molar-refractivity contribution in [3.63, 3.8) is 0 Å². The van der Waals surface area contributed by atoms with Crippen LogP contribution in [0.15, 0.2) is 60.9 Å². The number of aryl methyl sites for hydroxylation is 2. The van der Waals surface area contributed by atoms with Gasteiger partial charge in [-0.05, 0) is 36.2 Å². The van der Waals surface area contributed by atoms with Crippen molar-refractivity contribution in [1.82, 2.24) is 14.9 Å². The van der Waals surface area contributed by atoms with E-state index in [0.29, 0.717) is 5.75 Å². The molecule has 6 heteroatoms. The molecule has 1 heterocycles. The number of hydrogen-bond donors (Lipinski definition) is 1. The minimum atomic E-state index is -0.385. The number of imidazole rings is 1. The van der Waals surface area contributed by atoms with Crippen LogP contribution in [0.2, 0.25) is 0 Å². The Labute approximate surface area is 158 Å². The maximum atomic E-state index is 12.5. The van der Waals surface area contributed by atoms with Crippen LogP contribution in [0.4, 0.5) is 0 Å². The van der Waals surface area contributed by atoms with Gasteiger partial charge in [-0.25, -0.2) is 4.98 Å². The van der Waals surface area contributed by atoms with Crippen molar-refractivity contribution in [1.29, 1.82) is 0 Å². The molecule has 0 aliphatic carbocycles. The second kappa shape index (κ2) is 8.40. The van der Waals surface area contributed by atoms with Gasteiger partial charge in [-0.2, -0.15) is 0 Å². The van der Waals surface area contributed by atoms with Gasteiger partial charge >= 0.3 is 0 Å². The first-order valence-corrected chi connectivity index (χ1v) is 8.67. The van der Waals surface area contributed by atoms with Gasteiger partial charge in [0.25, 0.3) is 5.91 Å². The molecule has 0 spiro atoms. The van der Waals surface area contributed by atoms with Gasteiger partial charge in [-0.1, -0.05) is 30.3 Å². The zero-order valence-corrected chi connectivity index (χ0v) is 15.7. The Morgan fingerprint density at radius 3 is 2.56 bits per heavy atom. The molecule has 6 nitrogen and oxygen atoms in total. The summed E-state index contributed by atoms with van der Waals surface area (Å²) in [5.74, 6) is 1.98. The van der Waals surface area contributed by atoms with Crippen LogP contribution in [0, 0.1) is 6.92 Å². The molecule has 27 heavy (non-hydrogen) atoms. The van der Waals surface area contributed by atoms with Crippen LogP contribution in [0.25, 0.3) is 0 Å². The maximum Gasteiger partial charge on any atom is 0.258 e. The van der Waals surface area contributed by atoms with Gasteiger partial charge in [0.05, 0.1) is 7.11 Å². The molecule has 3 aromatic rings. The van der Waals surface area contributed by atoms with Crippen LogP contribution in [0.1, 0.15) is 23.0 Å². The van der Waals surface area contributed by atoms with E-state index in [1.54, 1.807) is 13.3 Å². The maximum absolute atomic E-state index is 12.5. The topological polar surface area (TPSA) is 65.4 Å². The third kappa shape index (κ3) is 4.47. The van der Waals surface area contributed by atoms with E-state index in [1.807, 2.05) is 73.3 Å². The molecule has 1 amide bonds. The fourth-order valence-corrected chi connectivity index (χ4v) is 2.81. The van der Waals surface area contributed by atoms with Crippen LogP contribution < -0.4 is 14.8 Å². The molecule has 0 aliphatic heterocycles. The molecule has 140 valence electrons. The fourth-order valence-electron chi connectivity index (χ4n) is 2.81. The second-order valence-electron chi connectivity index (χ2n) is 6.22. The quantitative estimate of drug-likeness (QED) is 0.699. The lowest BCUT2D eigenvalue weighted by Crippen LogP contribution is -2.34. The summed E-state index contributed by atoms with van der Waals surface area (Å²) in [6.45, 7) is 1.88. The highest BCUT2D eigenvalue weighted by Crippen LogP contribution is 2.23. The van der Waals surface area contributed by atoms with Crippen LogP contribution >= 0.6 is 0 Å². The van der Waals surface area contributed by atoms with E-state index in [9.17, 15) is 4.79 Å². The minimum absolute atomic E-state index is 0.0675. The number of carbonyl (C=O) groups is 1. The van der Waals surface area contributed by atoms with Crippen molar-refractivity contribution in [2.24, 2.45) is 7.05 Å². The van der Waals surface area contributed by atoms with Crippen molar-refractivity contribution >= 4 is 5.91 Å². The van der Waals surface area contributed by atoms with Crippen molar-refractivity contribution in [2.45, 2.75) is 13.0 Å². The van der Waals surface area contributed by atoms with Crippen LogP contribution in [0.3, 0.4) is 0 Å². The molecule has 0 unspecified atom stereocenters. The van der Waals surface area contributed by atoms with Crippen LogP contribution in [-0.4, -0.2) is 29.2 Å². The zero-order chi connectivity index (χ0) is 19.2. The number of hydrogen-bond acceptors (Lipinski definition) is 4. The second-order valence-corrected chi connectivity index (χ2v) is 6.22. The Morgan fingerprint density at radius 1 is 1.19 bits per heavy atom. The SMILES string of the molecule is COc1ccc([C@H](NC(=O)COc2ccccc2C)c2nccn2C)cc1. The van der Waals surface area contributed by atoms with E-state index in [0.717, 1.165) is 22.7 Å². The third-order valence-corrected chi connectivity index (χ3v) is 4.32. The Hall–Kier alpha value is -3.28.